The summed E-state index contributed by atoms with van der Waals surface area (Å²) in [5.41, 5.74) is 3.87. The van der Waals surface area contributed by atoms with Gasteiger partial charge in [0.1, 0.15) is 0 Å². The number of amides is 1. The first-order valence-electron chi connectivity index (χ1n) is 11.4. The second kappa shape index (κ2) is 9.29. The number of rotatable bonds is 5. The highest BCUT2D eigenvalue weighted by Gasteiger charge is 2.45. The zero-order valence-electron chi connectivity index (χ0n) is 19.5. The third kappa shape index (κ3) is 4.35. The van der Waals surface area contributed by atoms with Crippen molar-refractivity contribution in [2.75, 3.05) is 0 Å². The molecule has 0 unspecified atom stereocenters. The van der Waals surface area contributed by atoms with Crippen LogP contribution in [0, 0.1) is 13.8 Å². The summed E-state index contributed by atoms with van der Waals surface area (Å²) in [5.74, 6) is -1.40. The number of carbonyl (C=O) groups excluding carboxylic acids is 1. The van der Waals surface area contributed by atoms with E-state index in [-0.39, 0.29) is 10.8 Å². The third-order valence-electron chi connectivity index (χ3n) is 6.32. The van der Waals surface area contributed by atoms with Crippen LogP contribution in [-0.2, 0) is 14.8 Å². The quantitative estimate of drug-likeness (QED) is 0.315. The number of hydrogen-bond acceptors (Lipinski definition) is 4. The van der Waals surface area contributed by atoms with Crippen LogP contribution in [-0.4, -0.2) is 18.6 Å². The summed E-state index contributed by atoms with van der Waals surface area (Å²) in [6.07, 6.45) is 1.95. The number of thiophene rings is 1. The van der Waals surface area contributed by atoms with E-state index in [1.165, 1.54) is 0 Å². The predicted octanol–water partition coefficient (Wildman–Crippen LogP) is 6.50. The van der Waals surface area contributed by atoms with Gasteiger partial charge in [0.2, 0.25) is 5.91 Å². The molecule has 0 radical (unpaired) electrons. The van der Waals surface area contributed by atoms with Crippen molar-refractivity contribution in [1.82, 2.24) is 4.31 Å². The molecule has 1 amide bonds. The molecule has 6 heteroatoms. The Balaban J connectivity index is 1.76. The second-order valence-corrected chi connectivity index (χ2v) is 11.5. The molecule has 4 nitrogen and oxygen atoms in total. The van der Waals surface area contributed by atoms with Gasteiger partial charge in [-0.25, -0.2) is 12.7 Å². The number of hydrogen-bond donors (Lipinski definition) is 0. The highest BCUT2D eigenvalue weighted by molar-refractivity contribution is 7.90. The normalized spacial score (nSPS) is 18.4. The van der Waals surface area contributed by atoms with Gasteiger partial charge in [0.05, 0.1) is 16.5 Å². The zero-order valence-corrected chi connectivity index (χ0v) is 21.1. The van der Waals surface area contributed by atoms with Gasteiger partial charge in [-0.1, -0.05) is 83.9 Å². The van der Waals surface area contributed by atoms with E-state index in [0.717, 1.165) is 25.9 Å². The summed E-state index contributed by atoms with van der Waals surface area (Å²) >= 11 is 1.57. The third-order valence-corrected chi connectivity index (χ3v) is 9.02. The van der Waals surface area contributed by atoms with Gasteiger partial charge < -0.3 is 0 Å². The van der Waals surface area contributed by atoms with Gasteiger partial charge in [0, 0.05) is 10.8 Å². The first kappa shape index (κ1) is 23.3. The van der Waals surface area contributed by atoms with Crippen LogP contribution < -0.4 is 0 Å². The molecule has 3 aromatic carbocycles. The number of nitrogens with zero attached hydrogens (tertiary/aromatic N) is 1. The van der Waals surface area contributed by atoms with Gasteiger partial charge in [-0.05, 0) is 54.6 Å². The minimum Gasteiger partial charge on any atom is -0.273 e. The van der Waals surface area contributed by atoms with Crippen molar-refractivity contribution < 1.29 is 13.2 Å². The average Bonchev–Trinajstić information content (AvgIpc) is 3.39. The highest BCUT2D eigenvalue weighted by Crippen LogP contribution is 2.46. The van der Waals surface area contributed by atoms with Gasteiger partial charge >= 0.3 is 0 Å². The first-order valence-corrected chi connectivity index (χ1v) is 13.7. The maximum absolute atomic E-state index is 14.3. The fourth-order valence-corrected chi connectivity index (χ4v) is 6.77. The minimum atomic E-state index is -4.15. The summed E-state index contributed by atoms with van der Waals surface area (Å²) in [6, 6.07) is 27.6. The maximum atomic E-state index is 14.3. The van der Waals surface area contributed by atoms with E-state index >= 15 is 0 Å². The SMILES string of the molecule is Cc1ccc(C2=C[C@@H](c3cccs3)[C@H](c3ccccc3)C(=O)N2S(=O)(=O)c2ccc(C)cc2)cc1. The summed E-state index contributed by atoms with van der Waals surface area (Å²) in [7, 11) is -4.15. The van der Waals surface area contributed by atoms with Crippen molar-refractivity contribution in [3.8, 4) is 0 Å². The average molecular weight is 500 g/mol. The molecule has 4 aromatic rings. The number of sulfonamides is 1. The number of carbonyl (C=O) groups is 1. The van der Waals surface area contributed by atoms with Crippen molar-refractivity contribution in [2.45, 2.75) is 30.6 Å². The molecule has 1 aromatic heterocycles. The molecule has 0 fully saturated rings. The van der Waals surface area contributed by atoms with Crippen molar-refractivity contribution >= 4 is 33.0 Å². The Morgan fingerprint density at radius 1 is 0.771 bits per heavy atom. The number of allylic oxidation sites excluding steroid dienone is 1. The first-order chi connectivity index (χ1) is 16.9. The number of aryl methyl sites for hydroxylation is 2. The van der Waals surface area contributed by atoms with E-state index in [0.29, 0.717) is 11.3 Å². The Bertz CT molecular complexity index is 1470. The fraction of sp³-hybridized carbons (Fsp3) is 0.138. The second-order valence-electron chi connectivity index (χ2n) is 8.77. The van der Waals surface area contributed by atoms with E-state index in [1.54, 1.807) is 35.6 Å². The van der Waals surface area contributed by atoms with Crippen molar-refractivity contribution in [1.29, 1.82) is 0 Å². The van der Waals surface area contributed by atoms with Crippen LogP contribution in [0.5, 0.6) is 0 Å². The van der Waals surface area contributed by atoms with Crippen LogP contribution in [0.2, 0.25) is 0 Å². The van der Waals surface area contributed by atoms with E-state index in [4.69, 9.17) is 0 Å². The predicted molar refractivity (Wildman–Crippen MR) is 141 cm³/mol. The molecule has 176 valence electrons. The molecule has 0 saturated heterocycles. The van der Waals surface area contributed by atoms with Gasteiger partial charge in [-0.3, -0.25) is 4.79 Å². The van der Waals surface area contributed by atoms with Crippen LogP contribution in [0.25, 0.3) is 5.70 Å². The summed E-state index contributed by atoms with van der Waals surface area (Å²) in [6.45, 7) is 3.88. The molecule has 5 rings (SSSR count). The van der Waals surface area contributed by atoms with Crippen molar-refractivity contribution in [2.24, 2.45) is 0 Å². The molecular weight excluding hydrogens is 474 g/mol. The lowest BCUT2D eigenvalue weighted by molar-refractivity contribution is -0.126. The van der Waals surface area contributed by atoms with Gasteiger partial charge in [-0.15, -0.1) is 11.3 Å². The highest BCUT2D eigenvalue weighted by atomic mass is 32.2. The fourth-order valence-electron chi connectivity index (χ4n) is 4.47. The molecule has 1 aliphatic rings. The van der Waals surface area contributed by atoms with Crippen LogP contribution >= 0.6 is 11.3 Å². The minimum absolute atomic E-state index is 0.0934. The molecule has 0 spiro atoms. The van der Waals surface area contributed by atoms with E-state index < -0.39 is 21.8 Å². The molecule has 35 heavy (non-hydrogen) atoms. The molecule has 0 saturated carbocycles. The largest absolute Gasteiger partial charge is 0.273 e. The molecule has 2 heterocycles. The molecule has 0 N–H and O–H groups in total. The van der Waals surface area contributed by atoms with Gasteiger partial charge in [0.15, 0.2) is 0 Å². The summed E-state index contributed by atoms with van der Waals surface area (Å²) in [4.78, 5) is 15.4. The standard InChI is InChI=1S/C29H25NO3S2/c1-20-10-14-22(15-11-20)26-19-25(27-9-6-18-34-27)28(23-7-4-3-5-8-23)29(31)30(26)35(32,33)24-16-12-21(2)13-17-24/h3-19,25,28H,1-2H3/t25-,28-/m0/s1. The molecule has 0 aliphatic carbocycles. The Kier molecular flexibility index (Phi) is 6.17. The molecule has 0 bridgehead atoms. The van der Waals surface area contributed by atoms with E-state index in [9.17, 15) is 13.2 Å². The summed E-state index contributed by atoms with van der Waals surface area (Å²) < 4.78 is 29.0. The molecular formula is C29H25NO3S2. The Hall–Kier alpha value is -3.48. The lowest BCUT2D eigenvalue weighted by atomic mass is 9.80. The van der Waals surface area contributed by atoms with E-state index in [2.05, 4.69) is 0 Å². The molecule has 1 aliphatic heterocycles. The monoisotopic (exact) mass is 499 g/mol. The van der Waals surface area contributed by atoms with Gasteiger partial charge in [0.25, 0.3) is 10.0 Å². The molecule has 2 atom stereocenters. The summed E-state index contributed by atoms with van der Waals surface area (Å²) in [5, 5.41) is 1.98. The van der Waals surface area contributed by atoms with E-state index in [1.807, 2.05) is 92.0 Å². The lowest BCUT2D eigenvalue weighted by Gasteiger charge is -2.37. The van der Waals surface area contributed by atoms with Crippen LogP contribution in [0.4, 0.5) is 0 Å². The van der Waals surface area contributed by atoms with Crippen LogP contribution in [0.3, 0.4) is 0 Å². The zero-order chi connectivity index (χ0) is 24.6. The van der Waals surface area contributed by atoms with Gasteiger partial charge in [-0.2, -0.15) is 0 Å². The van der Waals surface area contributed by atoms with Crippen LogP contribution in [0.15, 0.2) is 107 Å². The Morgan fingerprint density at radius 2 is 1.40 bits per heavy atom. The smallest absolute Gasteiger partial charge is 0.270 e. The van der Waals surface area contributed by atoms with Crippen molar-refractivity contribution in [3.63, 3.8) is 0 Å². The Morgan fingerprint density at radius 3 is 2.00 bits per heavy atom. The van der Waals surface area contributed by atoms with Crippen molar-refractivity contribution in [3.05, 3.63) is 130 Å². The lowest BCUT2D eigenvalue weighted by Crippen LogP contribution is -2.43. The number of benzene rings is 3. The topological polar surface area (TPSA) is 54.5 Å². The van der Waals surface area contributed by atoms with Crippen LogP contribution in [0.1, 0.15) is 39.0 Å². The Labute approximate surface area is 210 Å². The maximum Gasteiger partial charge on any atom is 0.270 e.